The van der Waals surface area contributed by atoms with Crippen molar-refractivity contribution < 1.29 is 9.47 Å². The highest BCUT2D eigenvalue weighted by Crippen LogP contribution is 2.37. The second kappa shape index (κ2) is 9.09. The second-order valence-electron chi connectivity index (χ2n) is 7.64. The van der Waals surface area contributed by atoms with Gasteiger partial charge in [0.15, 0.2) is 5.82 Å². The van der Waals surface area contributed by atoms with Crippen LogP contribution < -0.4 is 14.8 Å². The van der Waals surface area contributed by atoms with Crippen molar-refractivity contribution >= 4 is 28.2 Å². The van der Waals surface area contributed by atoms with Gasteiger partial charge in [0.2, 0.25) is 0 Å². The normalized spacial score (nSPS) is 11.1. The number of benzene rings is 2. The standard InChI is InChI=1S/C25H27ClN4O2/c1-6-32-20-11-12-21(22(13-20)31-5)30-16(3)23-15(2)28-29-25(24(23)17(30)4)27-14-18-7-9-19(26)10-8-18/h7-13H,6,14H2,1-5H3,(H,27,29). The Morgan fingerprint density at radius 2 is 1.69 bits per heavy atom. The average molecular weight is 451 g/mol. The Balaban J connectivity index is 1.81. The van der Waals surface area contributed by atoms with Crippen LogP contribution in [0.25, 0.3) is 16.5 Å². The summed E-state index contributed by atoms with van der Waals surface area (Å²) in [5.41, 5.74) is 5.11. The number of fused-ring (bicyclic) bond motifs is 1. The maximum Gasteiger partial charge on any atom is 0.158 e. The van der Waals surface area contributed by atoms with Gasteiger partial charge in [0.05, 0.1) is 25.1 Å². The molecule has 1 N–H and O–H groups in total. The molecule has 4 rings (SSSR count). The minimum atomic E-state index is 0.604. The molecule has 0 aliphatic carbocycles. The molecule has 0 fully saturated rings. The number of ether oxygens (including phenoxy) is 2. The van der Waals surface area contributed by atoms with E-state index in [1.54, 1.807) is 7.11 Å². The number of aryl methyl sites for hydroxylation is 3. The molecule has 0 saturated carbocycles. The topological polar surface area (TPSA) is 61.2 Å². The Morgan fingerprint density at radius 3 is 2.38 bits per heavy atom. The first-order valence-corrected chi connectivity index (χ1v) is 11.0. The quantitative estimate of drug-likeness (QED) is 0.373. The summed E-state index contributed by atoms with van der Waals surface area (Å²) < 4.78 is 13.6. The van der Waals surface area contributed by atoms with Crippen molar-refractivity contribution in [1.29, 1.82) is 0 Å². The van der Waals surface area contributed by atoms with Crippen LogP contribution in [-0.2, 0) is 6.54 Å². The van der Waals surface area contributed by atoms with E-state index in [1.807, 2.05) is 56.3 Å². The van der Waals surface area contributed by atoms with E-state index in [4.69, 9.17) is 21.1 Å². The third-order valence-electron chi connectivity index (χ3n) is 5.62. The Kier molecular flexibility index (Phi) is 6.24. The third kappa shape index (κ3) is 3.98. The molecule has 0 radical (unpaired) electrons. The number of halogens is 1. The highest BCUT2D eigenvalue weighted by atomic mass is 35.5. The molecule has 4 aromatic rings. The number of rotatable bonds is 7. The second-order valence-corrected chi connectivity index (χ2v) is 8.07. The van der Waals surface area contributed by atoms with Crippen LogP contribution in [0, 0.1) is 20.8 Å². The molecule has 2 heterocycles. The van der Waals surface area contributed by atoms with Gasteiger partial charge in [-0.2, -0.15) is 5.10 Å². The lowest BCUT2D eigenvalue weighted by Gasteiger charge is -2.15. The molecule has 0 bridgehead atoms. The minimum absolute atomic E-state index is 0.604. The van der Waals surface area contributed by atoms with Crippen molar-refractivity contribution in [3.8, 4) is 17.2 Å². The molecule has 0 atom stereocenters. The predicted octanol–water partition coefficient (Wildman–Crippen LogP) is 6.02. The van der Waals surface area contributed by atoms with Gasteiger partial charge < -0.3 is 19.4 Å². The number of hydrogen-bond donors (Lipinski definition) is 1. The largest absolute Gasteiger partial charge is 0.494 e. The van der Waals surface area contributed by atoms with Gasteiger partial charge >= 0.3 is 0 Å². The number of methoxy groups -OCH3 is 1. The molecule has 0 aliphatic heterocycles. The maximum atomic E-state index is 6.01. The van der Waals surface area contributed by atoms with E-state index in [2.05, 4.69) is 33.9 Å². The molecular formula is C25H27ClN4O2. The van der Waals surface area contributed by atoms with Crippen LogP contribution in [0.4, 0.5) is 5.82 Å². The van der Waals surface area contributed by atoms with Crippen LogP contribution in [0.2, 0.25) is 5.02 Å². The number of aromatic nitrogens is 3. The van der Waals surface area contributed by atoms with Crippen LogP contribution in [0.5, 0.6) is 11.5 Å². The summed E-state index contributed by atoms with van der Waals surface area (Å²) in [7, 11) is 1.68. The van der Waals surface area contributed by atoms with Gasteiger partial charge in [-0.3, -0.25) is 0 Å². The van der Waals surface area contributed by atoms with E-state index in [0.29, 0.717) is 13.2 Å². The first kappa shape index (κ1) is 22.0. The number of anilines is 1. The summed E-state index contributed by atoms with van der Waals surface area (Å²) in [4.78, 5) is 0. The Morgan fingerprint density at radius 1 is 0.969 bits per heavy atom. The zero-order valence-electron chi connectivity index (χ0n) is 19.0. The molecule has 0 spiro atoms. The first-order chi connectivity index (χ1) is 15.4. The Bertz CT molecular complexity index is 1270. The molecule has 2 aromatic carbocycles. The van der Waals surface area contributed by atoms with Gasteiger partial charge in [-0.05, 0) is 57.5 Å². The predicted molar refractivity (Wildman–Crippen MR) is 130 cm³/mol. The lowest BCUT2D eigenvalue weighted by Crippen LogP contribution is -2.04. The lowest BCUT2D eigenvalue weighted by molar-refractivity contribution is 0.336. The Labute approximate surface area is 193 Å². The summed E-state index contributed by atoms with van der Waals surface area (Å²) in [6.07, 6.45) is 0. The van der Waals surface area contributed by atoms with E-state index in [9.17, 15) is 0 Å². The zero-order valence-corrected chi connectivity index (χ0v) is 19.7. The van der Waals surface area contributed by atoms with Gasteiger partial charge in [0.1, 0.15) is 11.5 Å². The summed E-state index contributed by atoms with van der Waals surface area (Å²) >= 11 is 6.01. The van der Waals surface area contributed by atoms with Gasteiger partial charge in [0.25, 0.3) is 0 Å². The molecule has 166 valence electrons. The fourth-order valence-corrected chi connectivity index (χ4v) is 4.29. The highest BCUT2D eigenvalue weighted by Gasteiger charge is 2.21. The maximum absolute atomic E-state index is 6.01. The minimum Gasteiger partial charge on any atom is -0.494 e. The summed E-state index contributed by atoms with van der Waals surface area (Å²) in [6, 6.07) is 13.7. The van der Waals surface area contributed by atoms with E-state index in [-0.39, 0.29) is 0 Å². The van der Waals surface area contributed by atoms with Crippen LogP contribution in [0.3, 0.4) is 0 Å². The van der Waals surface area contributed by atoms with E-state index >= 15 is 0 Å². The van der Waals surface area contributed by atoms with Crippen molar-refractivity contribution in [2.24, 2.45) is 0 Å². The van der Waals surface area contributed by atoms with Gasteiger partial charge in [0, 0.05) is 39.8 Å². The summed E-state index contributed by atoms with van der Waals surface area (Å²) in [5.74, 6) is 2.28. The third-order valence-corrected chi connectivity index (χ3v) is 5.87. The van der Waals surface area contributed by atoms with Crippen LogP contribution in [0.1, 0.15) is 29.6 Å². The SMILES string of the molecule is CCOc1ccc(-n2c(C)c3c(C)nnc(NCc4ccc(Cl)cc4)c3c2C)c(OC)c1. The molecule has 32 heavy (non-hydrogen) atoms. The van der Waals surface area contributed by atoms with Crippen molar-refractivity contribution in [3.05, 3.63) is 70.1 Å². The van der Waals surface area contributed by atoms with Crippen molar-refractivity contribution in [3.63, 3.8) is 0 Å². The molecule has 0 aliphatic rings. The van der Waals surface area contributed by atoms with Crippen LogP contribution in [-0.4, -0.2) is 28.5 Å². The van der Waals surface area contributed by atoms with E-state index < -0.39 is 0 Å². The summed E-state index contributed by atoms with van der Waals surface area (Å²) in [6.45, 7) is 9.38. The summed E-state index contributed by atoms with van der Waals surface area (Å²) in [5, 5.41) is 15.2. The smallest absolute Gasteiger partial charge is 0.158 e. The van der Waals surface area contributed by atoms with Gasteiger partial charge in [-0.15, -0.1) is 5.10 Å². The molecule has 0 saturated heterocycles. The molecule has 6 nitrogen and oxygen atoms in total. The van der Waals surface area contributed by atoms with E-state index in [1.165, 1.54) is 0 Å². The molecule has 2 aromatic heterocycles. The van der Waals surface area contributed by atoms with Crippen molar-refractivity contribution in [1.82, 2.24) is 14.8 Å². The van der Waals surface area contributed by atoms with Gasteiger partial charge in [-0.1, -0.05) is 23.7 Å². The monoisotopic (exact) mass is 450 g/mol. The first-order valence-electron chi connectivity index (χ1n) is 10.6. The van der Waals surface area contributed by atoms with Crippen molar-refractivity contribution in [2.75, 3.05) is 19.0 Å². The van der Waals surface area contributed by atoms with Crippen LogP contribution in [0.15, 0.2) is 42.5 Å². The Hall–Kier alpha value is -3.25. The number of nitrogens with one attached hydrogen (secondary N) is 1. The highest BCUT2D eigenvalue weighted by molar-refractivity contribution is 6.30. The number of nitrogens with zero attached hydrogens (tertiary/aromatic N) is 3. The van der Waals surface area contributed by atoms with E-state index in [0.717, 1.165) is 61.4 Å². The average Bonchev–Trinajstić information content (AvgIpc) is 3.06. The fraction of sp³-hybridized carbons (Fsp3) is 0.280. The molecule has 0 amide bonds. The lowest BCUT2D eigenvalue weighted by atomic mass is 10.1. The fourth-order valence-electron chi connectivity index (χ4n) is 4.17. The van der Waals surface area contributed by atoms with Crippen molar-refractivity contribution in [2.45, 2.75) is 34.2 Å². The molecule has 0 unspecified atom stereocenters. The molecule has 7 heteroatoms. The van der Waals surface area contributed by atoms with Gasteiger partial charge in [-0.25, -0.2) is 0 Å². The van der Waals surface area contributed by atoms with Crippen LogP contribution >= 0.6 is 11.6 Å². The molecular weight excluding hydrogens is 424 g/mol. The zero-order chi connectivity index (χ0) is 22.8. The number of hydrogen-bond acceptors (Lipinski definition) is 5.